The van der Waals surface area contributed by atoms with Crippen molar-refractivity contribution in [2.24, 2.45) is 0 Å². The molecule has 1 heterocycles. The summed E-state index contributed by atoms with van der Waals surface area (Å²) < 4.78 is 1.86. The molecule has 2 aromatic rings. The van der Waals surface area contributed by atoms with E-state index in [1.165, 1.54) is 12.4 Å². The van der Waals surface area contributed by atoms with Crippen LogP contribution in [0.2, 0.25) is 0 Å². The zero-order chi connectivity index (χ0) is 15.4. The summed E-state index contributed by atoms with van der Waals surface area (Å²) in [5, 5.41) is 13.1. The highest BCUT2D eigenvalue weighted by atomic mass is 16.4. The number of carboxylic acid groups (broad SMARTS) is 1. The number of anilines is 2. The molecule has 1 aromatic carbocycles. The Kier molecular flexibility index (Phi) is 4.42. The van der Waals surface area contributed by atoms with Crippen molar-refractivity contribution in [3.63, 3.8) is 0 Å². The number of carbonyl (C=O) groups is 1. The van der Waals surface area contributed by atoms with Crippen molar-refractivity contribution in [1.82, 2.24) is 14.8 Å². The molecule has 2 rings (SSSR count). The molecular formula is C14H19N5O2. The minimum absolute atomic E-state index is 0.179. The molecule has 1 aromatic heterocycles. The number of benzene rings is 1. The van der Waals surface area contributed by atoms with Gasteiger partial charge in [-0.3, -0.25) is 0 Å². The molecule has 0 unspecified atom stereocenters. The first-order valence-electron chi connectivity index (χ1n) is 6.73. The fourth-order valence-electron chi connectivity index (χ4n) is 2.14. The largest absolute Gasteiger partial charge is 0.478 e. The van der Waals surface area contributed by atoms with E-state index in [2.05, 4.69) is 17.0 Å². The minimum Gasteiger partial charge on any atom is -0.478 e. The lowest BCUT2D eigenvalue weighted by Gasteiger charge is -2.21. The maximum atomic E-state index is 10.9. The topological polar surface area (TPSA) is 97.3 Å². The fraction of sp³-hybridized carbons (Fsp3) is 0.357. The van der Waals surface area contributed by atoms with E-state index in [1.54, 1.807) is 12.1 Å². The molecular weight excluding hydrogens is 270 g/mol. The van der Waals surface area contributed by atoms with Crippen LogP contribution in [-0.4, -0.2) is 32.9 Å². The Morgan fingerprint density at radius 3 is 2.86 bits per heavy atom. The van der Waals surface area contributed by atoms with Crippen molar-refractivity contribution in [3.8, 4) is 0 Å². The van der Waals surface area contributed by atoms with Gasteiger partial charge in [0.25, 0.3) is 0 Å². The Hall–Kier alpha value is -2.57. The van der Waals surface area contributed by atoms with Crippen LogP contribution in [0.15, 0.2) is 24.5 Å². The molecule has 0 amide bonds. The van der Waals surface area contributed by atoms with Crippen LogP contribution in [0.5, 0.6) is 0 Å². The summed E-state index contributed by atoms with van der Waals surface area (Å²) in [5.41, 5.74) is 7.32. The van der Waals surface area contributed by atoms with Crippen molar-refractivity contribution in [2.45, 2.75) is 26.4 Å². The van der Waals surface area contributed by atoms with E-state index >= 15 is 0 Å². The molecule has 0 fully saturated rings. The molecule has 0 aliphatic carbocycles. The molecule has 0 spiro atoms. The Bertz CT molecular complexity index is 638. The third kappa shape index (κ3) is 3.31. The first-order chi connectivity index (χ1) is 10.0. The Morgan fingerprint density at radius 2 is 2.24 bits per heavy atom. The summed E-state index contributed by atoms with van der Waals surface area (Å²) in [4.78, 5) is 17.1. The molecule has 0 saturated carbocycles. The van der Waals surface area contributed by atoms with Crippen molar-refractivity contribution in [1.29, 1.82) is 0 Å². The van der Waals surface area contributed by atoms with E-state index in [1.807, 2.05) is 16.6 Å². The van der Waals surface area contributed by atoms with Gasteiger partial charge in [-0.05, 0) is 24.6 Å². The van der Waals surface area contributed by atoms with Crippen LogP contribution < -0.4 is 10.6 Å². The van der Waals surface area contributed by atoms with Gasteiger partial charge in [0.15, 0.2) is 0 Å². The Morgan fingerprint density at radius 1 is 1.48 bits per heavy atom. The summed E-state index contributed by atoms with van der Waals surface area (Å²) in [7, 11) is 1.89. The molecule has 0 saturated heterocycles. The molecule has 7 nitrogen and oxygen atoms in total. The van der Waals surface area contributed by atoms with Crippen LogP contribution in [0.3, 0.4) is 0 Å². The number of hydrogen-bond donors (Lipinski definition) is 2. The maximum Gasteiger partial charge on any atom is 0.335 e. The summed E-state index contributed by atoms with van der Waals surface area (Å²) in [6.07, 6.45) is 2.52. The molecule has 0 radical (unpaired) electrons. The number of hydrogen-bond acceptors (Lipinski definition) is 5. The average Bonchev–Trinajstić information content (AvgIpc) is 2.86. The molecule has 112 valence electrons. The van der Waals surface area contributed by atoms with Gasteiger partial charge in [0, 0.05) is 13.6 Å². The highest BCUT2D eigenvalue weighted by Crippen LogP contribution is 2.24. The number of nitrogens with two attached hydrogens (primary N) is 1. The van der Waals surface area contributed by atoms with E-state index in [-0.39, 0.29) is 5.56 Å². The Balaban J connectivity index is 2.18. The van der Waals surface area contributed by atoms with Crippen LogP contribution in [0.4, 0.5) is 11.4 Å². The predicted molar refractivity (Wildman–Crippen MR) is 80.2 cm³/mol. The van der Waals surface area contributed by atoms with Crippen molar-refractivity contribution in [2.75, 3.05) is 17.7 Å². The molecule has 0 bridgehead atoms. The highest BCUT2D eigenvalue weighted by molar-refractivity contribution is 5.90. The van der Waals surface area contributed by atoms with Crippen LogP contribution in [0.25, 0.3) is 0 Å². The van der Waals surface area contributed by atoms with Gasteiger partial charge in [-0.1, -0.05) is 6.92 Å². The normalized spacial score (nSPS) is 10.6. The van der Waals surface area contributed by atoms with Gasteiger partial charge in [0.05, 0.1) is 23.5 Å². The van der Waals surface area contributed by atoms with E-state index in [4.69, 9.17) is 10.8 Å². The van der Waals surface area contributed by atoms with Gasteiger partial charge < -0.3 is 15.7 Å². The van der Waals surface area contributed by atoms with Gasteiger partial charge in [-0.2, -0.15) is 5.10 Å². The number of aromatic carboxylic acids is 1. The van der Waals surface area contributed by atoms with Crippen LogP contribution in [0.1, 0.15) is 29.5 Å². The molecule has 7 heteroatoms. The van der Waals surface area contributed by atoms with Gasteiger partial charge >= 0.3 is 5.97 Å². The Labute approximate surface area is 123 Å². The molecule has 0 atom stereocenters. The standard InChI is InChI=1S/C14H19N5O2/c1-3-6-19-13(16-9-17-19)8-18(2)12-5-4-10(14(20)21)7-11(12)15/h4-5,7,9H,3,6,8,15H2,1-2H3,(H,20,21). The highest BCUT2D eigenvalue weighted by Gasteiger charge is 2.12. The lowest BCUT2D eigenvalue weighted by Crippen LogP contribution is -2.21. The number of carboxylic acids is 1. The SMILES string of the molecule is CCCn1ncnc1CN(C)c1ccc(C(=O)O)cc1N. The molecule has 21 heavy (non-hydrogen) atoms. The van der Waals surface area contributed by atoms with Crippen LogP contribution in [0, 0.1) is 0 Å². The van der Waals surface area contributed by atoms with Gasteiger partial charge in [0.2, 0.25) is 0 Å². The quantitative estimate of drug-likeness (QED) is 0.784. The summed E-state index contributed by atoms with van der Waals surface area (Å²) in [5.74, 6) is -0.139. The molecule has 0 aliphatic heterocycles. The van der Waals surface area contributed by atoms with Gasteiger partial charge in [0.1, 0.15) is 12.2 Å². The van der Waals surface area contributed by atoms with E-state index in [0.29, 0.717) is 12.2 Å². The zero-order valence-electron chi connectivity index (χ0n) is 12.2. The summed E-state index contributed by atoms with van der Waals surface area (Å²) in [6, 6.07) is 4.71. The van der Waals surface area contributed by atoms with Crippen molar-refractivity contribution in [3.05, 3.63) is 35.9 Å². The summed E-state index contributed by atoms with van der Waals surface area (Å²) in [6.45, 7) is 3.45. The second-order valence-electron chi connectivity index (χ2n) is 4.83. The first-order valence-corrected chi connectivity index (χ1v) is 6.73. The number of aromatic nitrogens is 3. The molecule has 0 aliphatic rings. The van der Waals surface area contributed by atoms with E-state index < -0.39 is 5.97 Å². The van der Waals surface area contributed by atoms with Gasteiger partial charge in [-0.25, -0.2) is 14.5 Å². The first kappa shape index (κ1) is 14.8. The van der Waals surface area contributed by atoms with Crippen LogP contribution >= 0.6 is 0 Å². The minimum atomic E-state index is -0.987. The van der Waals surface area contributed by atoms with Crippen LogP contribution in [-0.2, 0) is 13.1 Å². The summed E-state index contributed by atoms with van der Waals surface area (Å²) >= 11 is 0. The van der Waals surface area contributed by atoms with E-state index in [9.17, 15) is 4.79 Å². The molecule has 3 N–H and O–H groups in total. The van der Waals surface area contributed by atoms with Gasteiger partial charge in [-0.15, -0.1) is 0 Å². The zero-order valence-corrected chi connectivity index (χ0v) is 12.2. The predicted octanol–water partition coefficient (Wildman–Crippen LogP) is 1.60. The lowest BCUT2D eigenvalue weighted by atomic mass is 10.1. The van der Waals surface area contributed by atoms with E-state index in [0.717, 1.165) is 24.5 Å². The number of rotatable bonds is 6. The fourth-order valence-corrected chi connectivity index (χ4v) is 2.14. The van der Waals surface area contributed by atoms with Crippen molar-refractivity contribution < 1.29 is 9.90 Å². The second kappa shape index (κ2) is 6.25. The third-order valence-electron chi connectivity index (χ3n) is 3.20. The maximum absolute atomic E-state index is 10.9. The second-order valence-corrected chi connectivity index (χ2v) is 4.83. The smallest absolute Gasteiger partial charge is 0.335 e. The number of nitrogens with zero attached hydrogens (tertiary/aromatic N) is 4. The van der Waals surface area contributed by atoms with Crippen molar-refractivity contribution >= 4 is 17.3 Å². The lowest BCUT2D eigenvalue weighted by molar-refractivity contribution is 0.0697. The number of aryl methyl sites for hydroxylation is 1. The third-order valence-corrected chi connectivity index (χ3v) is 3.20. The number of nitrogen functional groups attached to an aromatic ring is 1. The monoisotopic (exact) mass is 289 g/mol. The average molecular weight is 289 g/mol.